The van der Waals surface area contributed by atoms with Gasteiger partial charge in [0.1, 0.15) is 0 Å². The van der Waals surface area contributed by atoms with E-state index in [4.69, 9.17) is 0 Å². The SMILES string of the molecule is [2H]c1c([2H])c2c(c([2H])c1-c1cc(N(c3ccc(Br)cc3)c3ccc(Br)cc3)cc3ccccc13)C(C)(C)C(C)(C)C2(C)C. The summed E-state index contributed by atoms with van der Waals surface area (Å²) >= 11 is 7.16. The third-order valence-electron chi connectivity index (χ3n) is 9.73. The van der Waals surface area contributed by atoms with Crippen molar-refractivity contribution in [2.24, 2.45) is 5.41 Å². The molecule has 0 radical (unpaired) electrons. The van der Waals surface area contributed by atoms with E-state index in [0.717, 1.165) is 53.5 Å². The van der Waals surface area contributed by atoms with E-state index < -0.39 is 0 Å². The van der Waals surface area contributed by atoms with Crippen molar-refractivity contribution in [2.45, 2.75) is 52.4 Å². The van der Waals surface area contributed by atoms with Crippen molar-refractivity contribution in [3.8, 4) is 11.1 Å². The van der Waals surface area contributed by atoms with Gasteiger partial charge in [-0.05, 0) is 110 Å². The van der Waals surface area contributed by atoms with Crippen LogP contribution in [0.5, 0.6) is 0 Å². The van der Waals surface area contributed by atoms with E-state index in [1.54, 1.807) is 0 Å². The Kier molecular flexibility index (Phi) is 5.71. The molecule has 40 heavy (non-hydrogen) atoms. The van der Waals surface area contributed by atoms with Gasteiger partial charge in [0.25, 0.3) is 0 Å². The molecule has 0 heterocycles. The molecule has 0 saturated carbocycles. The first kappa shape index (κ1) is 23.8. The van der Waals surface area contributed by atoms with Crippen molar-refractivity contribution in [1.82, 2.24) is 0 Å². The Morgan fingerprint density at radius 1 is 0.625 bits per heavy atom. The zero-order valence-electron chi connectivity index (χ0n) is 26.8. The van der Waals surface area contributed by atoms with E-state index in [9.17, 15) is 4.11 Å². The number of halogens is 2. The molecule has 202 valence electrons. The third kappa shape index (κ3) is 4.16. The molecule has 5 aromatic carbocycles. The molecule has 0 spiro atoms. The van der Waals surface area contributed by atoms with Crippen LogP contribution in [0.25, 0.3) is 21.9 Å². The number of benzene rings is 5. The van der Waals surface area contributed by atoms with Crippen LogP contribution < -0.4 is 4.90 Å². The van der Waals surface area contributed by atoms with Crippen LogP contribution in [-0.2, 0) is 10.8 Å². The van der Waals surface area contributed by atoms with Crippen molar-refractivity contribution in [1.29, 1.82) is 0 Å². The zero-order chi connectivity index (χ0) is 31.1. The van der Waals surface area contributed by atoms with Gasteiger partial charge in [-0.25, -0.2) is 0 Å². The standard InChI is InChI=1S/C37H35Br2N/c1-35(2)33-20-11-25(22-34(33)36(3,4)37(35,5)6)32-23-30(21-24-9-7-8-10-31(24)32)40(28-16-12-26(38)13-17-28)29-18-14-27(39)15-19-29/h7-23H,1-6H3/i11D,20D,22D. The van der Waals surface area contributed by atoms with Gasteiger partial charge in [0.05, 0.1) is 4.11 Å². The average Bonchev–Trinajstić information content (AvgIpc) is 3.07. The molecule has 0 fully saturated rings. The number of hydrogen-bond acceptors (Lipinski definition) is 1. The first-order valence-corrected chi connectivity index (χ1v) is 15.3. The largest absolute Gasteiger partial charge is 0.310 e. The van der Waals surface area contributed by atoms with Crippen molar-refractivity contribution in [3.63, 3.8) is 0 Å². The Labute approximate surface area is 259 Å². The number of anilines is 3. The van der Waals surface area contributed by atoms with E-state index in [2.05, 4.69) is 127 Å². The number of rotatable bonds is 4. The monoisotopic (exact) mass is 654 g/mol. The first-order chi connectivity index (χ1) is 20.2. The molecule has 1 nitrogen and oxygen atoms in total. The minimum Gasteiger partial charge on any atom is -0.310 e. The van der Waals surface area contributed by atoms with Gasteiger partial charge in [0.2, 0.25) is 0 Å². The van der Waals surface area contributed by atoms with Gasteiger partial charge in [-0.15, -0.1) is 0 Å². The zero-order valence-corrected chi connectivity index (χ0v) is 27.0. The quantitative estimate of drug-likeness (QED) is 0.186. The number of hydrogen-bond donors (Lipinski definition) is 0. The molecular formula is C37H35Br2N. The molecule has 5 aromatic rings. The van der Waals surface area contributed by atoms with Crippen LogP contribution in [0.3, 0.4) is 0 Å². The Morgan fingerprint density at radius 3 is 1.77 bits per heavy atom. The average molecular weight is 657 g/mol. The fraction of sp³-hybridized carbons (Fsp3) is 0.243. The minimum absolute atomic E-state index is 0.117. The Bertz CT molecular complexity index is 1850. The summed E-state index contributed by atoms with van der Waals surface area (Å²) in [5.74, 6) is 0. The van der Waals surface area contributed by atoms with Gasteiger partial charge in [0, 0.05) is 26.0 Å². The normalized spacial score (nSPS) is 17.6. The molecule has 1 aliphatic carbocycles. The molecule has 0 aliphatic heterocycles. The second-order valence-electron chi connectivity index (χ2n) is 12.4. The lowest BCUT2D eigenvalue weighted by atomic mass is 9.59. The molecule has 0 aromatic heterocycles. The van der Waals surface area contributed by atoms with E-state index >= 15 is 0 Å². The molecule has 0 atom stereocenters. The second-order valence-corrected chi connectivity index (χ2v) is 14.2. The number of fused-ring (bicyclic) bond motifs is 2. The van der Waals surface area contributed by atoms with E-state index in [0.29, 0.717) is 11.6 Å². The minimum atomic E-state index is -0.366. The smallest absolute Gasteiger partial charge is 0.0632 e. The summed E-state index contributed by atoms with van der Waals surface area (Å²) in [7, 11) is 0. The van der Waals surface area contributed by atoms with Gasteiger partial charge < -0.3 is 4.90 Å². The van der Waals surface area contributed by atoms with Crippen molar-refractivity contribution < 1.29 is 4.11 Å². The van der Waals surface area contributed by atoms with Crippen molar-refractivity contribution in [3.05, 3.63) is 123 Å². The van der Waals surface area contributed by atoms with E-state index in [1.807, 2.05) is 36.4 Å². The van der Waals surface area contributed by atoms with Gasteiger partial charge >= 0.3 is 0 Å². The lowest BCUT2D eigenvalue weighted by molar-refractivity contribution is 0.125. The lowest BCUT2D eigenvalue weighted by Gasteiger charge is -2.44. The predicted octanol–water partition coefficient (Wildman–Crippen LogP) is 12.1. The van der Waals surface area contributed by atoms with Crippen LogP contribution in [0.2, 0.25) is 0 Å². The highest BCUT2D eigenvalue weighted by Gasteiger charge is 2.56. The fourth-order valence-electron chi connectivity index (χ4n) is 6.14. The van der Waals surface area contributed by atoms with Crippen LogP contribution in [0.1, 0.15) is 56.8 Å². The molecule has 6 rings (SSSR count). The maximum absolute atomic E-state index is 9.71. The van der Waals surface area contributed by atoms with Crippen LogP contribution in [-0.4, -0.2) is 0 Å². The first-order valence-electron chi connectivity index (χ1n) is 15.2. The summed E-state index contributed by atoms with van der Waals surface area (Å²) in [6, 6.07) is 29.6. The summed E-state index contributed by atoms with van der Waals surface area (Å²) in [5, 5.41) is 1.98. The highest BCUT2D eigenvalue weighted by atomic mass is 79.9. The molecule has 0 saturated heterocycles. The van der Waals surface area contributed by atoms with Gasteiger partial charge in [-0.1, -0.05) is 116 Å². The Hall–Kier alpha value is -2.88. The van der Waals surface area contributed by atoms with Crippen molar-refractivity contribution in [2.75, 3.05) is 4.90 Å². The maximum atomic E-state index is 9.71. The third-order valence-corrected chi connectivity index (χ3v) is 10.8. The van der Waals surface area contributed by atoms with E-state index in [-0.39, 0.29) is 28.3 Å². The highest BCUT2D eigenvalue weighted by Crippen LogP contribution is 2.62. The second kappa shape index (κ2) is 9.60. The molecule has 0 amide bonds. The maximum Gasteiger partial charge on any atom is 0.0632 e. The summed E-state index contributed by atoms with van der Waals surface area (Å²) in [6.07, 6.45) is 0. The van der Waals surface area contributed by atoms with Crippen LogP contribution in [0.4, 0.5) is 17.1 Å². The van der Waals surface area contributed by atoms with Crippen LogP contribution >= 0.6 is 31.9 Å². The number of nitrogens with zero attached hydrogens (tertiary/aromatic N) is 1. The van der Waals surface area contributed by atoms with Crippen LogP contribution in [0.15, 0.2) is 112 Å². The summed E-state index contributed by atoms with van der Waals surface area (Å²) in [4.78, 5) is 2.20. The highest BCUT2D eigenvalue weighted by molar-refractivity contribution is 9.10. The molecule has 3 heteroatoms. The Balaban J connectivity index is 1.69. The summed E-state index contributed by atoms with van der Waals surface area (Å²) in [5.41, 5.74) is 5.01. The van der Waals surface area contributed by atoms with Crippen LogP contribution in [0, 0.1) is 5.41 Å². The molecule has 1 aliphatic rings. The van der Waals surface area contributed by atoms with Gasteiger partial charge in [-0.2, -0.15) is 0 Å². The predicted molar refractivity (Wildman–Crippen MR) is 179 cm³/mol. The summed E-state index contributed by atoms with van der Waals surface area (Å²) < 4.78 is 30.4. The molecule has 0 N–H and O–H groups in total. The fourth-order valence-corrected chi connectivity index (χ4v) is 6.67. The van der Waals surface area contributed by atoms with Crippen molar-refractivity contribution >= 4 is 59.7 Å². The Morgan fingerprint density at radius 2 is 1.18 bits per heavy atom. The topological polar surface area (TPSA) is 3.24 Å². The molecule has 0 bridgehead atoms. The molecular weight excluding hydrogens is 618 g/mol. The lowest BCUT2D eigenvalue weighted by Crippen LogP contribution is -2.42. The van der Waals surface area contributed by atoms with E-state index in [1.165, 1.54) is 0 Å². The summed E-state index contributed by atoms with van der Waals surface area (Å²) in [6.45, 7) is 13.2. The molecule has 0 unspecified atom stereocenters. The van der Waals surface area contributed by atoms with Gasteiger partial charge in [-0.3, -0.25) is 0 Å². The van der Waals surface area contributed by atoms with Gasteiger partial charge in [0.15, 0.2) is 0 Å².